The summed E-state index contributed by atoms with van der Waals surface area (Å²) >= 11 is 11.0. The van der Waals surface area contributed by atoms with E-state index >= 15 is 0 Å². The van der Waals surface area contributed by atoms with Gasteiger partial charge in [0.2, 0.25) is 5.96 Å². The molecule has 0 heterocycles. The number of rotatable bonds is 3. The van der Waals surface area contributed by atoms with Crippen molar-refractivity contribution in [2.75, 3.05) is 0 Å². The standard InChI is InChI=1S/C8H10Cl2N4/c9-7-4-2-1-3-6(7)5-12-14-8(11)13-10/h1-4,12H,5H2,(H3,11,13,14). The fourth-order valence-electron chi connectivity index (χ4n) is 0.893. The first kappa shape index (κ1) is 11.1. The Morgan fingerprint density at radius 1 is 1.43 bits per heavy atom. The largest absolute Gasteiger partial charge is 0.368 e. The van der Waals surface area contributed by atoms with Crippen molar-refractivity contribution in [3.63, 3.8) is 0 Å². The molecule has 0 unspecified atom stereocenters. The van der Waals surface area contributed by atoms with E-state index in [9.17, 15) is 0 Å². The van der Waals surface area contributed by atoms with Gasteiger partial charge in [-0.15, -0.1) is 4.51 Å². The number of halogens is 2. The number of hydrogen-bond donors (Lipinski definition) is 3. The topological polar surface area (TPSA) is 62.4 Å². The van der Waals surface area contributed by atoms with Crippen molar-refractivity contribution in [3.05, 3.63) is 34.9 Å². The fraction of sp³-hybridized carbons (Fsp3) is 0.125. The number of nitrogens with zero attached hydrogens (tertiary/aromatic N) is 1. The van der Waals surface area contributed by atoms with E-state index in [2.05, 4.69) is 15.4 Å². The lowest BCUT2D eigenvalue weighted by atomic mass is 10.2. The molecule has 0 aliphatic carbocycles. The minimum absolute atomic E-state index is 0.110. The highest BCUT2D eigenvalue weighted by molar-refractivity contribution is 6.31. The van der Waals surface area contributed by atoms with Gasteiger partial charge in [0.1, 0.15) is 0 Å². The van der Waals surface area contributed by atoms with Gasteiger partial charge in [0.15, 0.2) is 0 Å². The van der Waals surface area contributed by atoms with E-state index < -0.39 is 0 Å². The second kappa shape index (κ2) is 5.70. The summed E-state index contributed by atoms with van der Waals surface area (Å²) in [4.78, 5) is 0. The molecule has 1 aromatic carbocycles. The number of benzene rings is 1. The van der Waals surface area contributed by atoms with Crippen LogP contribution >= 0.6 is 23.4 Å². The molecule has 0 aromatic heterocycles. The third kappa shape index (κ3) is 3.41. The van der Waals surface area contributed by atoms with Crippen molar-refractivity contribution < 1.29 is 0 Å². The maximum Gasteiger partial charge on any atom is 0.220 e. The first-order valence-electron chi connectivity index (χ1n) is 3.90. The van der Waals surface area contributed by atoms with Crippen LogP contribution in [0.3, 0.4) is 0 Å². The summed E-state index contributed by atoms with van der Waals surface area (Å²) in [5.41, 5.74) is 11.7. The Hall–Kier alpha value is -0.970. The van der Waals surface area contributed by atoms with Gasteiger partial charge in [-0.2, -0.15) is 0 Å². The van der Waals surface area contributed by atoms with Crippen LogP contribution in [0.4, 0.5) is 0 Å². The summed E-state index contributed by atoms with van der Waals surface area (Å²) < 4.78 is 3.20. The van der Waals surface area contributed by atoms with E-state index in [-0.39, 0.29) is 5.96 Å². The van der Waals surface area contributed by atoms with Gasteiger partial charge in [-0.25, -0.2) is 5.43 Å². The minimum atomic E-state index is 0.110. The van der Waals surface area contributed by atoms with Crippen LogP contribution < -0.4 is 16.6 Å². The maximum atomic E-state index is 5.92. The average Bonchev–Trinajstić information content (AvgIpc) is 2.20. The van der Waals surface area contributed by atoms with Crippen LogP contribution in [0.2, 0.25) is 5.02 Å². The van der Waals surface area contributed by atoms with E-state index in [4.69, 9.17) is 29.1 Å². The first-order chi connectivity index (χ1) is 6.74. The van der Waals surface area contributed by atoms with Crippen molar-refractivity contribution >= 4 is 29.3 Å². The number of guanidine groups is 1. The summed E-state index contributed by atoms with van der Waals surface area (Å²) in [5.74, 6) is 0.110. The summed E-state index contributed by atoms with van der Waals surface area (Å²) in [7, 11) is 0. The van der Waals surface area contributed by atoms with Crippen molar-refractivity contribution in [1.82, 2.24) is 10.9 Å². The molecule has 0 amide bonds. The highest BCUT2D eigenvalue weighted by Gasteiger charge is 1.97. The molecule has 0 atom stereocenters. The van der Waals surface area contributed by atoms with Crippen LogP contribution in [0.1, 0.15) is 5.56 Å². The van der Waals surface area contributed by atoms with Crippen LogP contribution in [-0.2, 0) is 6.54 Å². The Balaban J connectivity index is 2.43. The second-order valence-electron chi connectivity index (χ2n) is 2.54. The molecule has 0 fully saturated rings. The zero-order valence-electron chi connectivity index (χ0n) is 7.30. The van der Waals surface area contributed by atoms with E-state index in [0.29, 0.717) is 11.6 Å². The molecule has 1 aromatic rings. The molecule has 0 saturated heterocycles. The zero-order chi connectivity index (χ0) is 10.4. The van der Waals surface area contributed by atoms with Crippen LogP contribution in [0, 0.1) is 0 Å². The van der Waals surface area contributed by atoms with Crippen LogP contribution in [0.5, 0.6) is 0 Å². The smallest absolute Gasteiger partial charge is 0.220 e. The molecule has 0 radical (unpaired) electrons. The Morgan fingerprint density at radius 3 is 2.79 bits per heavy atom. The summed E-state index contributed by atoms with van der Waals surface area (Å²) in [6.07, 6.45) is 0. The molecule has 0 aliphatic heterocycles. The Bertz CT molecular complexity index is 327. The molecule has 14 heavy (non-hydrogen) atoms. The van der Waals surface area contributed by atoms with Gasteiger partial charge in [-0.1, -0.05) is 29.8 Å². The van der Waals surface area contributed by atoms with Crippen LogP contribution in [0.25, 0.3) is 0 Å². The quantitative estimate of drug-likeness (QED) is 0.420. The van der Waals surface area contributed by atoms with Gasteiger partial charge in [-0.3, -0.25) is 5.43 Å². The van der Waals surface area contributed by atoms with Crippen molar-refractivity contribution in [2.45, 2.75) is 6.54 Å². The number of hydrogen-bond acceptors (Lipinski definition) is 2. The summed E-state index contributed by atoms with van der Waals surface area (Å²) in [6.45, 7) is 0.535. The van der Waals surface area contributed by atoms with Crippen molar-refractivity contribution in [1.29, 1.82) is 0 Å². The van der Waals surface area contributed by atoms with Gasteiger partial charge >= 0.3 is 0 Å². The predicted octanol–water partition coefficient (Wildman–Crippen LogP) is 1.40. The Labute approximate surface area is 92.2 Å². The Kier molecular flexibility index (Phi) is 4.52. The van der Waals surface area contributed by atoms with Crippen molar-refractivity contribution in [2.24, 2.45) is 10.2 Å². The highest BCUT2D eigenvalue weighted by Crippen LogP contribution is 2.13. The minimum Gasteiger partial charge on any atom is -0.368 e. The molecule has 1 rings (SSSR count). The van der Waals surface area contributed by atoms with E-state index in [1.807, 2.05) is 24.3 Å². The molecular weight excluding hydrogens is 223 g/mol. The molecular formula is C8H10Cl2N4. The van der Waals surface area contributed by atoms with Gasteiger partial charge in [0.05, 0.1) is 0 Å². The fourth-order valence-corrected chi connectivity index (χ4v) is 1.14. The van der Waals surface area contributed by atoms with Gasteiger partial charge in [0.25, 0.3) is 0 Å². The van der Waals surface area contributed by atoms with E-state index in [0.717, 1.165) is 5.56 Å². The lowest BCUT2D eigenvalue weighted by Gasteiger charge is -2.07. The lowest BCUT2D eigenvalue weighted by molar-refractivity contribution is 0.650. The molecule has 0 aliphatic rings. The van der Waals surface area contributed by atoms with Crippen LogP contribution in [-0.4, -0.2) is 5.96 Å². The normalized spacial score (nSPS) is 11.4. The maximum absolute atomic E-state index is 5.92. The van der Waals surface area contributed by atoms with Gasteiger partial charge in [0, 0.05) is 23.3 Å². The second-order valence-corrected chi connectivity index (χ2v) is 3.12. The number of nitrogens with one attached hydrogen (secondary N) is 2. The summed E-state index contributed by atoms with van der Waals surface area (Å²) in [5, 5.41) is 0.697. The molecule has 76 valence electrons. The Morgan fingerprint density at radius 2 is 2.14 bits per heavy atom. The van der Waals surface area contributed by atoms with E-state index in [1.54, 1.807) is 0 Å². The summed E-state index contributed by atoms with van der Waals surface area (Å²) in [6, 6.07) is 7.50. The molecule has 4 nitrogen and oxygen atoms in total. The molecule has 6 heteroatoms. The van der Waals surface area contributed by atoms with Gasteiger partial charge < -0.3 is 5.73 Å². The first-order valence-corrected chi connectivity index (χ1v) is 4.62. The lowest BCUT2D eigenvalue weighted by Crippen LogP contribution is -2.41. The highest BCUT2D eigenvalue weighted by atomic mass is 35.5. The third-order valence-electron chi connectivity index (χ3n) is 1.54. The molecule has 4 N–H and O–H groups in total. The average molecular weight is 233 g/mol. The predicted molar refractivity (Wildman–Crippen MR) is 58.9 cm³/mol. The third-order valence-corrected chi connectivity index (χ3v) is 2.10. The van der Waals surface area contributed by atoms with Crippen LogP contribution in [0.15, 0.2) is 28.8 Å². The van der Waals surface area contributed by atoms with Gasteiger partial charge in [-0.05, 0) is 11.6 Å². The number of nitrogens with two attached hydrogens (primary N) is 1. The monoisotopic (exact) mass is 232 g/mol. The van der Waals surface area contributed by atoms with Crippen molar-refractivity contribution in [3.8, 4) is 0 Å². The van der Waals surface area contributed by atoms with E-state index in [1.165, 1.54) is 0 Å². The number of hydrazine groups is 1. The molecule has 0 bridgehead atoms. The molecule has 0 spiro atoms. The molecule has 0 saturated carbocycles. The SMILES string of the molecule is NC(=NCl)NNCc1ccccc1Cl. The zero-order valence-corrected chi connectivity index (χ0v) is 8.81.